The van der Waals surface area contributed by atoms with Crippen molar-refractivity contribution in [2.45, 2.75) is 38.5 Å². The first kappa shape index (κ1) is 15.3. The Morgan fingerprint density at radius 3 is 2.59 bits per heavy atom. The Balaban J connectivity index is 1.84. The first-order valence-corrected chi connectivity index (χ1v) is 7.25. The quantitative estimate of drug-likeness (QED) is 0.734. The second-order valence-electron chi connectivity index (χ2n) is 6.66. The van der Waals surface area contributed by atoms with Gasteiger partial charge in [-0.05, 0) is 20.8 Å². The molecule has 0 bridgehead atoms. The largest absolute Gasteiger partial charge is 0.473 e. The summed E-state index contributed by atoms with van der Waals surface area (Å²) < 4.78 is 43.5. The van der Waals surface area contributed by atoms with Gasteiger partial charge in [0.15, 0.2) is 11.5 Å². The summed E-state index contributed by atoms with van der Waals surface area (Å²) in [5.41, 5.74) is -0.962. The molecule has 1 aromatic rings. The van der Waals surface area contributed by atoms with Crippen LogP contribution in [0.15, 0.2) is 6.20 Å². The van der Waals surface area contributed by atoms with Gasteiger partial charge in [0.25, 0.3) is 5.88 Å². The minimum absolute atomic E-state index is 0.0183. The molecule has 0 unspecified atom stereocenters. The van der Waals surface area contributed by atoms with E-state index in [2.05, 4.69) is 35.6 Å². The summed E-state index contributed by atoms with van der Waals surface area (Å²) in [4.78, 5) is 11.9. The molecule has 1 saturated heterocycles. The zero-order valence-corrected chi connectivity index (χ0v) is 12.8. The normalized spacial score (nSPS) is 22.8. The lowest BCUT2D eigenvalue weighted by Crippen LogP contribution is -2.61. The molecule has 3 heterocycles. The smallest absolute Gasteiger partial charge is 0.435 e. The maximum atomic E-state index is 12.7. The second kappa shape index (κ2) is 4.97. The average molecular weight is 316 g/mol. The molecule has 0 aliphatic carbocycles. The molecule has 1 aromatic heterocycles. The first-order chi connectivity index (χ1) is 10.2. The van der Waals surface area contributed by atoms with Crippen LogP contribution in [0.25, 0.3) is 0 Å². The van der Waals surface area contributed by atoms with Crippen LogP contribution in [0.1, 0.15) is 26.5 Å². The first-order valence-electron chi connectivity index (χ1n) is 7.25. The summed E-state index contributed by atoms with van der Waals surface area (Å²) in [6.07, 6.45) is -3.73. The Kier molecular flexibility index (Phi) is 3.47. The van der Waals surface area contributed by atoms with E-state index < -0.39 is 11.9 Å². The van der Waals surface area contributed by atoms with Crippen LogP contribution in [0.3, 0.4) is 0 Å². The van der Waals surface area contributed by atoms with Gasteiger partial charge in [-0.25, -0.2) is 9.97 Å². The summed E-state index contributed by atoms with van der Waals surface area (Å²) in [6, 6.07) is 0.0894. The fraction of sp³-hybridized carbons (Fsp3) is 0.714. The van der Waals surface area contributed by atoms with E-state index in [-0.39, 0.29) is 17.5 Å². The van der Waals surface area contributed by atoms with Gasteiger partial charge in [-0.2, -0.15) is 13.2 Å². The van der Waals surface area contributed by atoms with Gasteiger partial charge < -0.3 is 9.64 Å². The summed E-state index contributed by atoms with van der Waals surface area (Å²) in [5.74, 6) is 0.396. The van der Waals surface area contributed by atoms with Crippen LogP contribution in [0.4, 0.5) is 19.0 Å². The van der Waals surface area contributed by atoms with Crippen molar-refractivity contribution in [1.29, 1.82) is 0 Å². The molecule has 122 valence electrons. The Morgan fingerprint density at radius 1 is 1.23 bits per heavy atom. The number of halogens is 3. The van der Waals surface area contributed by atoms with Crippen LogP contribution >= 0.6 is 0 Å². The maximum Gasteiger partial charge on any atom is 0.435 e. The number of fused-ring (bicyclic) bond motifs is 3. The van der Waals surface area contributed by atoms with E-state index in [9.17, 15) is 13.2 Å². The highest BCUT2D eigenvalue weighted by Gasteiger charge is 2.40. The number of hydrogen-bond donors (Lipinski definition) is 0. The molecule has 0 radical (unpaired) electrons. The third-order valence-corrected chi connectivity index (χ3v) is 4.13. The molecule has 1 fully saturated rings. The molecule has 0 spiro atoms. The zero-order valence-electron chi connectivity index (χ0n) is 12.8. The SMILES string of the molecule is CC(C)(C)N1CCN2c3ncc(C(F)(F)F)nc3OC[C@@H]2C1. The van der Waals surface area contributed by atoms with Crippen LogP contribution in [0.5, 0.6) is 5.88 Å². The van der Waals surface area contributed by atoms with Gasteiger partial charge >= 0.3 is 6.18 Å². The van der Waals surface area contributed by atoms with Crippen molar-refractivity contribution in [1.82, 2.24) is 14.9 Å². The van der Waals surface area contributed by atoms with Crippen molar-refractivity contribution in [2.75, 3.05) is 31.1 Å². The topological polar surface area (TPSA) is 41.5 Å². The molecule has 5 nitrogen and oxygen atoms in total. The number of piperazine rings is 1. The standard InChI is InChI=1S/C14H19F3N4O/c1-13(2,3)20-4-5-21-9(7-20)8-22-12-11(21)18-6-10(19-12)14(15,16)17/h6,9H,4-5,7-8H2,1-3H3/t9-/m0/s1. The van der Waals surface area contributed by atoms with Crippen molar-refractivity contribution < 1.29 is 17.9 Å². The molecule has 3 rings (SSSR count). The molecular formula is C14H19F3N4O. The third-order valence-electron chi connectivity index (χ3n) is 4.13. The van der Waals surface area contributed by atoms with Gasteiger partial charge in [0.1, 0.15) is 6.61 Å². The number of ether oxygens (including phenoxy) is 1. The Hall–Kier alpha value is -1.57. The fourth-order valence-electron chi connectivity index (χ4n) is 2.86. The van der Waals surface area contributed by atoms with Crippen molar-refractivity contribution in [3.8, 4) is 5.88 Å². The highest BCUT2D eigenvalue weighted by molar-refractivity contribution is 5.52. The lowest BCUT2D eigenvalue weighted by molar-refractivity contribution is -0.141. The molecule has 2 aliphatic heterocycles. The van der Waals surface area contributed by atoms with E-state index in [1.807, 2.05) is 4.90 Å². The van der Waals surface area contributed by atoms with Gasteiger partial charge in [0.2, 0.25) is 0 Å². The van der Waals surface area contributed by atoms with E-state index in [0.29, 0.717) is 19.0 Å². The molecule has 0 amide bonds. The van der Waals surface area contributed by atoms with E-state index >= 15 is 0 Å². The monoisotopic (exact) mass is 316 g/mol. The number of hydrogen-bond acceptors (Lipinski definition) is 5. The van der Waals surface area contributed by atoms with Crippen molar-refractivity contribution in [3.05, 3.63) is 11.9 Å². The molecular weight excluding hydrogens is 297 g/mol. The Labute approximate surface area is 127 Å². The van der Waals surface area contributed by atoms with Crippen molar-refractivity contribution in [2.24, 2.45) is 0 Å². The molecule has 2 aliphatic rings. The lowest BCUT2D eigenvalue weighted by atomic mass is 10.0. The molecule has 0 aromatic carbocycles. The predicted octanol–water partition coefficient (Wildman–Crippen LogP) is 2.18. The van der Waals surface area contributed by atoms with Crippen LogP contribution in [0.2, 0.25) is 0 Å². The second-order valence-corrected chi connectivity index (χ2v) is 6.66. The summed E-state index contributed by atoms with van der Waals surface area (Å²) >= 11 is 0. The molecule has 8 heteroatoms. The summed E-state index contributed by atoms with van der Waals surface area (Å²) in [6.45, 7) is 9.11. The highest BCUT2D eigenvalue weighted by Crippen LogP contribution is 2.36. The predicted molar refractivity (Wildman–Crippen MR) is 75.0 cm³/mol. The van der Waals surface area contributed by atoms with Gasteiger partial charge in [0, 0.05) is 25.2 Å². The van der Waals surface area contributed by atoms with E-state index in [4.69, 9.17) is 4.74 Å². The van der Waals surface area contributed by atoms with Crippen molar-refractivity contribution >= 4 is 5.82 Å². The van der Waals surface area contributed by atoms with E-state index in [1.54, 1.807) is 0 Å². The Morgan fingerprint density at radius 2 is 1.95 bits per heavy atom. The van der Waals surface area contributed by atoms with Crippen molar-refractivity contribution in [3.63, 3.8) is 0 Å². The number of aromatic nitrogens is 2. The number of anilines is 1. The van der Waals surface area contributed by atoms with E-state index in [0.717, 1.165) is 19.3 Å². The molecule has 0 N–H and O–H groups in total. The minimum Gasteiger partial charge on any atom is -0.473 e. The van der Waals surface area contributed by atoms with Crippen LogP contribution < -0.4 is 9.64 Å². The summed E-state index contributed by atoms with van der Waals surface area (Å²) in [5, 5.41) is 0. The third kappa shape index (κ3) is 2.71. The van der Waals surface area contributed by atoms with Crippen LogP contribution in [-0.4, -0.2) is 52.7 Å². The van der Waals surface area contributed by atoms with E-state index in [1.165, 1.54) is 0 Å². The molecule has 1 atom stereocenters. The fourth-order valence-corrected chi connectivity index (χ4v) is 2.86. The van der Waals surface area contributed by atoms with Crippen LogP contribution in [0, 0.1) is 0 Å². The average Bonchev–Trinajstić information content (AvgIpc) is 2.44. The zero-order chi connectivity index (χ0) is 16.1. The van der Waals surface area contributed by atoms with Gasteiger partial charge in [-0.15, -0.1) is 0 Å². The lowest BCUT2D eigenvalue weighted by Gasteiger charge is -2.48. The number of nitrogens with zero attached hydrogens (tertiary/aromatic N) is 4. The molecule has 0 saturated carbocycles. The Bertz CT molecular complexity index is 570. The van der Waals surface area contributed by atoms with Crippen LogP contribution in [-0.2, 0) is 6.18 Å². The minimum atomic E-state index is -4.51. The van der Waals surface area contributed by atoms with Gasteiger partial charge in [-0.3, -0.25) is 4.90 Å². The maximum absolute atomic E-state index is 12.7. The molecule has 22 heavy (non-hydrogen) atoms. The number of rotatable bonds is 0. The summed E-state index contributed by atoms with van der Waals surface area (Å²) in [7, 11) is 0. The van der Waals surface area contributed by atoms with Gasteiger partial charge in [-0.1, -0.05) is 0 Å². The van der Waals surface area contributed by atoms with Gasteiger partial charge in [0.05, 0.1) is 12.2 Å². The highest BCUT2D eigenvalue weighted by atomic mass is 19.4. The number of alkyl halides is 3.